The number of ether oxygens (including phenoxy) is 1. The number of thiocarbonyl (C=S) groups is 1. The van der Waals surface area contributed by atoms with Gasteiger partial charge in [0.1, 0.15) is 23.9 Å². The summed E-state index contributed by atoms with van der Waals surface area (Å²) in [7, 11) is 0. The molecule has 1 saturated carbocycles. The first kappa shape index (κ1) is 19.6. The third kappa shape index (κ3) is 4.65. The van der Waals surface area contributed by atoms with Crippen molar-refractivity contribution in [2.75, 3.05) is 0 Å². The Bertz CT molecular complexity index is 936. The molecule has 1 aliphatic carbocycles. The van der Waals surface area contributed by atoms with Gasteiger partial charge >= 0.3 is 0 Å². The number of amides is 1. The fourth-order valence-corrected chi connectivity index (χ4v) is 4.18. The highest BCUT2D eigenvalue weighted by Crippen LogP contribution is 2.27. The molecule has 2 aromatic carbocycles. The molecule has 1 amide bonds. The minimum Gasteiger partial charge on any atom is -0.489 e. The maximum absolute atomic E-state index is 13.2. The van der Waals surface area contributed by atoms with Crippen molar-refractivity contribution >= 4 is 29.3 Å². The second-order valence-electron chi connectivity index (χ2n) is 7.44. The van der Waals surface area contributed by atoms with Gasteiger partial charge in [-0.2, -0.15) is 0 Å². The van der Waals surface area contributed by atoms with Crippen LogP contribution in [0.5, 0.6) is 5.75 Å². The second kappa shape index (κ2) is 8.74. The zero-order valence-corrected chi connectivity index (χ0v) is 16.9. The van der Waals surface area contributed by atoms with Gasteiger partial charge in [-0.15, -0.1) is 0 Å². The Labute approximate surface area is 175 Å². The average Bonchev–Trinajstić information content (AvgIpc) is 3.01. The normalized spacial score (nSPS) is 18.9. The smallest absolute Gasteiger partial charge is 0.276 e. The number of halogens is 1. The molecule has 1 aliphatic heterocycles. The highest BCUT2D eigenvalue weighted by molar-refractivity contribution is 7.80. The maximum atomic E-state index is 13.2. The van der Waals surface area contributed by atoms with E-state index in [0.29, 0.717) is 23.2 Å². The molecule has 0 aromatic heterocycles. The number of nitrogens with zero attached hydrogens (tertiary/aromatic N) is 1. The molecular weight excluding hydrogens is 387 g/mol. The molecule has 6 heteroatoms. The number of hydrogen-bond acceptors (Lipinski definition) is 3. The summed E-state index contributed by atoms with van der Waals surface area (Å²) in [6.07, 6.45) is 7.36. The molecule has 0 radical (unpaired) electrons. The fourth-order valence-electron chi connectivity index (χ4n) is 3.84. The molecule has 1 saturated heterocycles. The van der Waals surface area contributed by atoms with Crippen molar-refractivity contribution in [1.82, 2.24) is 10.2 Å². The zero-order chi connectivity index (χ0) is 20.2. The monoisotopic (exact) mass is 410 g/mol. The molecule has 2 aromatic rings. The third-order valence-corrected chi connectivity index (χ3v) is 5.63. The van der Waals surface area contributed by atoms with Crippen LogP contribution in [0, 0.1) is 5.82 Å². The van der Waals surface area contributed by atoms with Gasteiger partial charge in [0.05, 0.1) is 0 Å². The van der Waals surface area contributed by atoms with Gasteiger partial charge in [0, 0.05) is 6.04 Å². The maximum Gasteiger partial charge on any atom is 0.276 e. The summed E-state index contributed by atoms with van der Waals surface area (Å²) in [5, 5.41) is 3.57. The van der Waals surface area contributed by atoms with Gasteiger partial charge in [-0.3, -0.25) is 9.69 Å². The van der Waals surface area contributed by atoms with Crippen LogP contribution in [0.4, 0.5) is 4.39 Å². The quantitative estimate of drug-likeness (QED) is 0.568. The van der Waals surface area contributed by atoms with E-state index >= 15 is 0 Å². The number of rotatable bonds is 5. The highest BCUT2D eigenvalue weighted by Gasteiger charge is 2.36. The van der Waals surface area contributed by atoms with Crippen LogP contribution in [0.3, 0.4) is 0 Å². The second-order valence-corrected chi connectivity index (χ2v) is 7.83. The minimum absolute atomic E-state index is 0.0478. The van der Waals surface area contributed by atoms with Gasteiger partial charge in [-0.25, -0.2) is 4.39 Å². The van der Waals surface area contributed by atoms with Crippen molar-refractivity contribution in [2.45, 2.75) is 44.8 Å². The topological polar surface area (TPSA) is 41.6 Å². The van der Waals surface area contributed by atoms with Crippen LogP contribution in [-0.4, -0.2) is 22.0 Å². The van der Waals surface area contributed by atoms with Crippen LogP contribution in [0.25, 0.3) is 6.08 Å². The molecule has 150 valence electrons. The predicted molar refractivity (Wildman–Crippen MR) is 115 cm³/mol. The van der Waals surface area contributed by atoms with E-state index in [2.05, 4.69) is 5.32 Å². The third-order valence-electron chi connectivity index (χ3n) is 5.34. The molecule has 0 bridgehead atoms. The molecule has 29 heavy (non-hydrogen) atoms. The number of nitrogens with one attached hydrogen (secondary N) is 1. The number of benzene rings is 2. The van der Waals surface area contributed by atoms with E-state index in [0.717, 1.165) is 36.8 Å². The molecular formula is C23H23FN2O2S. The summed E-state index contributed by atoms with van der Waals surface area (Å²) < 4.78 is 18.9. The van der Waals surface area contributed by atoms with Crippen LogP contribution in [0.15, 0.2) is 54.2 Å². The van der Waals surface area contributed by atoms with Crippen LogP contribution in [0.1, 0.15) is 43.2 Å². The molecule has 1 heterocycles. The first-order valence-corrected chi connectivity index (χ1v) is 10.3. The molecule has 0 unspecified atom stereocenters. The highest BCUT2D eigenvalue weighted by atomic mass is 32.1. The van der Waals surface area contributed by atoms with Crippen molar-refractivity contribution in [2.24, 2.45) is 0 Å². The Morgan fingerprint density at radius 3 is 2.62 bits per heavy atom. The van der Waals surface area contributed by atoms with Gasteiger partial charge in [-0.1, -0.05) is 43.5 Å². The van der Waals surface area contributed by atoms with E-state index in [4.69, 9.17) is 17.0 Å². The van der Waals surface area contributed by atoms with Crippen LogP contribution < -0.4 is 10.1 Å². The summed E-state index contributed by atoms with van der Waals surface area (Å²) in [6.45, 7) is 0.295. The average molecular weight is 411 g/mol. The number of hydrogen-bond donors (Lipinski definition) is 1. The minimum atomic E-state index is -0.276. The van der Waals surface area contributed by atoms with Crippen molar-refractivity contribution < 1.29 is 13.9 Å². The van der Waals surface area contributed by atoms with Crippen molar-refractivity contribution in [3.63, 3.8) is 0 Å². The lowest BCUT2D eigenvalue weighted by atomic mass is 9.94. The molecule has 0 spiro atoms. The Morgan fingerprint density at radius 1 is 1.14 bits per heavy atom. The van der Waals surface area contributed by atoms with Crippen LogP contribution >= 0.6 is 12.2 Å². The first-order valence-electron chi connectivity index (χ1n) is 9.94. The lowest BCUT2D eigenvalue weighted by Gasteiger charge is -2.29. The molecule has 2 fully saturated rings. The van der Waals surface area contributed by atoms with E-state index in [-0.39, 0.29) is 17.8 Å². The lowest BCUT2D eigenvalue weighted by molar-refractivity contribution is -0.124. The Balaban J connectivity index is 1.40. The Morgan fingerprint density at radius 2 is 1.90 bits per heavy atom. The summed E-state index contributed by atoms with van der Waals surface area (Å²) in [5.41, 5.74) is 2.16. The van der Waals surface area contributed by atoms with E-state index < -0.39 is 0 Å². The van der Waals surface area contributed by atoms with Crippen molar-refractivity contribution in [3.05, 3.63) is 71.2 Å². The van der Waals surface area contributed by atoms with Gasteiger partial charge in [0.15, 0.2) is 5.11 Å². The Kier molecular flexibility index (Phi) is 5.90. The summed E-state index contributed by atoms with van der Waals surface area (Å²) >= 11 is 5.41. The number of carbonyl (C=O) groups excluding carboxylic acids is 1. The van der Waals surface area contributed by atoms with Gasteiger partial charge in [0.25, 0.3) is 5.91 Å². The zero-order valence-electron chi connectivity index (χ0n) is 16.1. The van der Waals surface area contributed by atoms with E-state index in [9.17, 15) is 9.18 Å². The number of carbonyl (C=O) groups is 1. The van der Waals surface area contributed by atoms with Gasteiger partial charge in [-0.05, 0) is 66.5 Å². The SMILES string of the molecule is O=C1C(=Cc2ccc(OCc3cccc(F)c3)cc2)NC(=S)N1C1CCCCC1. The largest absolute Gasteiger partial charge is 0.489 e. The molecule has 1 N–H and O–H groups in total. The molecule has 4 rings (SSSR count). The van der Waals surface area contributed by atoms with Crippen LogP contribution in [0.2, 0.25) is 0 Å². The summed E-state index contributed by atoms with van der Waals surface area (Å²) in [4.78, 5) is 14.6. The predicted octanol–water partition coefficient (Wildman–Crippen LogP) is 4.80. The molecule has 2 aliphatic rings. The van der Waals surface area contributed by atoms with Crippen LogP contribution in [-0.2, 0) is 11.4 Å². The molecule has 0 atom stereocenters. The van der Waals surface area contributed by atoms with E-state index in [1.54, 1.807) is 11.0 Å². The fraction of sp³-hybridized carbons (Fsp3) is 0.304. The standard InChI is InChI=1S/C23H23FN2O2S/c24-18-6-4-5-17(13-18)15-28-20-11-9-16(10-12-20)14-21-22(27)26(23(29)25-21)19-7-2-1-3-8-19/h4-6,9-14,19H,1-3,7-8,15H2,(H,25,29). The first-order chi connectivity index (χ1) is 14.1. The summed E-state index contributed by atoms with van der Waals surface area (Å²) in [6, 6.07) is 14.0. The molecule has 4 nitrogen and oxygen atoms in total. The van der Waals surface area contributed by atoms with Gasteiger partial charge < -0.3 is 10.1 Å². The summed E-state index contributed by atoms with van der Waals surface area (Å²) in [5.74, 6) is 0.358. The Hall–Kier alpha value is -2.73. The van der Waals surface area contributed by atoms with E-state index in [1.165, 1.54) is 18.6 Å². The lowest BCUT2D eigenvalue weighted by Crippen LogP contribution is -2.41. The van der Waals surface area contributed by atoms with Crippen molar-refractivity contribution in [1.29, 1.82) is 0 Å². The van der Waals surface area contributed by atoms with E-state index in [1.807, 2.05) is 36.4 Å². The van der Waals surface area contributed by atoms with Gasteiger partial charge in [0.2, 0.25) is 0 Å². The van der Waals surface area contributed by atoms with Crippen molar-refractivity contribution in [3.8, 4) is 5.75 Å².